The third-order valence-corrected chi connectivity index (χ3v) is 8.33. The number of thiophene rings is 1. The fourth-order valence-electron chi connectivity index (χ4n) is 4.76. The smallest absolute Gasteiger partial charge is 0.407 e. The second-order valence-corrected chi connectivity index (χ2v) is 13.8. The molecule has 2 aromatic rings. The van der Waals surface area contributed by atoms with Crippen LogP contribution in [0.4, 0.5) is 19.9 Å². The Morgan fingerprint density at radius 1 is 1.32 bits per heavy atom. The first-order valence-corrected chi connectivity index (χ1v) is 14.6. The molecule has 1 unspecified atom stereocenters. The summed E-state index contributed by atoms with van der Waals surface area (Å²) in [5.74, 6) is -0.899. The van der Waals surface area contributed by atoms with Gasteiger partial charge in [0.15, 0.2) is 0 Å². The maximum atomic E-state index is 14.8. The average molecular weight is 657 g/mol. The van der Waals surface area contributed by atoms with E-state index in [-0.39, 0.29) is 35.5 Å². The zero-order valence-electron chi connectivity index (χ0n) is 22.3. The molecule has 8 nitrogen and oxygen atoms in total. The van der Waals surface area contributed by atoms with Crippen molar-refractivity contribution in [3.8, 4) is 0 Å². The number of halogens is 2. The van der Waals surface area contributed by atoms with Gasteiger partial charge in [0.05, 0.1) is 16.1 Å². The van der Waals surface area contributed by atoms with Crippen molar-refractivity contribution in [1.29, 1.82) is 0 Å². The van der Waals surface area contributed by atoms with E-state index in [1.54, 1.807) is 37.8 Å². The molecule has 0 spiro atoms. The first-order chi connectivity index (χ1) is 17.7. The standard InChI is InChI=1S/C27H34FIN4O4S/c1-26(2,3)37-25(36)30-13-16-7-6-10-33(16)24(35)20-17-12-27(4,5)14-31-22(34)21(17)38-23(20)32-19-9-8-15(29)11-18(19)28/h8-9,11,16,32H,6-7,10,12-14H2,1-5H3,(H,30,36)(H,31,34). The van der Waals surface area contributed by atoms with E-state index >= 15 is 0 Å². The maximum Gasteiger partial charge on any atom is 0.407 e. The zero-order chi connectivity index (χ0) is 27.8. The van der Waals surface area contributed by atoms with Crippen LogP contribution < -0.4 is 16.0 Å². The summed E-state index contributed by atoms with van der Waals surface area (Å²) < 4.78 is 20.9. The summed E-state index contributed by atoms with van der Waals surface area (Å²) in [5, 5.41) is 9.31. The SMILES string of the molecule is CC1(C)CNC(=O)c2sc(Nc3ccc(I)cc3F)c(C(=O)N3CCCC3CNC(=O)OC(C)(C)C)c2C1. The molecule has 1 fully saturated rings. The Morgan fingerprint density at radius 3 is 2.74 bits per heavy atom. The summed E-state index contributed by atoms with van der Waals surface area (Å²) >= 11 is 3.22. The van der Waals surface area contributed by atoms with Crippen molar-refractivity contribution in [3.05, 3.63) is 43.6 Å². The lowest BCUT2D eigenvalue weighted by Gasteiger charge is -2.28. The van der Waals surface area contributed by atoms with Crippen LogP contribution in [0.15, 0.2) is 18.2 Å². The Balaban J connectivity index is 1.68. The van der Waals surface area contributed by atoms with Crippen LogP contribution in [0.5, 0.6) is 0 Å². The number of carbonyl (C=O) groups is 3. The number of nitrogens with one attached hydrogen (secondary N) is 3. The number of fused-ring (bicyclic) bond motifs is 1. The predicted molar refractivity (Wildman–Crippen MR) is 155 cm³/mol. The third-order valence-electron chi connectivity index (χ3n) is 6.51. The van der Waals surface area contributed by atoms with Gasteiger partial charge in [0.25, 0.3) is 11.8 Å². The number of amides is 3. The summed E-state index contributed by atoms with van der Waals surface area (Å²) in [6.07, 6.45) is 1.51. The molecule has 2 aliphatic heterocycles. The number of ether oxygens (including phenoxy) is 1. The molecule has 3 heterocycles. The molecule has 206 valence electrons. The fraction of sp³-hybridized carbons (Fsp3) is 0.519. The molecular formula is C27H34FIN4O4S. The summed E-state index contributed by atoms with van der Waals surface area (Å²) in [6, 6.07) is 4.60. The molecule has 11 heteroatoms. The predicted octanol–water partition coefficient (Wildman–Crippen LogP) is 5.68. The molecule has 1 atom stereocenters. The van der Waals surface area contributed by atoms with E-state index in [1.807, 2.05) is 36.4 Å². The highest BCUT2D eigenvalue weighted by Crippen LogP contribution is 2.42. The Kier molecular flexibility index (Phi) is 8.27. The van der Waals surface area contributed by atoms with Gasteiger partial charge >= 0.3 is 6.09 Å². The minimum absolute atomic E-state index is 0.221. The summed E-state index contributed by atoms with van der Waals surface area (Å²) in [7, 11) is 0. The number of benzene rings is 1. The van der Waals surface area contributed by atoms with Crippen LogP contribution in [0, 0.1) is 14.8 Å². The number of carbonyl (C=O) groups excluding carboxylic acids is 3. The van der Waals surface area contributed by atoms with E-state index in [1.165, 1.54) is 17.4 Å². The Bertz CT molecular complexity index is 1260. The third kappa shape index (κ3) is 6.59. The van der Waals surface area contributed by atoms with Gasteiger partial charge < -0.3 is 25.6 Å². The molecule has 1 saturated heterocycles. The van der Waals surface area contributed by atoms with Crippen LogP contribution in [0.1, 0.15) is 73.1 Å². The normalized spacial score (nSPS) is 18.9. The number of likely N-dealkylation sites (tertiary alicyclic amines) is 1. The highest BCUT2D eigenvalue weighted by Gasteiger charge is 2.38. The van der Waals surface area contributed by atoms with Gasteiger partial charge in [-0.2, -0.15) is 0 Å². The van der Waals surface area contributed by atoms with Gasteiger partial charge in [-0.05, 0) is 91.8 Å². The molecule has 4 rings (SSSR count). The first kappa shape index (κ1) is 28.6. The number of rotatable bonds is 5. The van der Waals surface area contributed by atoms with Crippen molar-refractivity contribution >= 4 is 62.5 Å². The number of alkyl carbamates (subject to hydrolysis) is 1. The zero-order valence-corrected chi connectivity index (χ0v) is 25.3. The highest BCUT2D eigenvalue weighted by atomic mass is 127. The second-order valence-electron chi connectivity index (χ2n) is 11.6. The van der Waals surface area contributed by atoms with Gasteiger partial charge in [-0.1, -0.05) is 13.8 Å². The van der Waals surface area contributed by atoms with Gasteiger partial charge in [0.2, 0.25) is 0 Å². The molecule has 0 bridgehead atoms. The average Bonchev–Trinajstić information content (AvgIpc) is 3.38. The molecule has 2 aliphatic rings. The van der Waals surface area contributed by atoms with E-state index in [4.69, 9.17) is 4.74 Å². The molecule has 0 aliphatic carbocycles. The van der Waals surface area contributed by atoms with Crippen LogP contribution in [0.2, 0.25) is 0 Å². The molecule has 38 heavy (non-hydrogen) atoms. The molecule has 1 aromatic carbocycles. The lowest BCUT2D eigenvalue weighted by atomic mass is 9.85. The van der Waals surface area contributed by atoms with Crippen LogP contribution in [-0.2, 0) is 11.2 Å². The van der Waals surface area contributed by atoms with Gasteiger partial charge in [-0.25, -0.2) is 9.18 Å². The van der Waals surface area contributed by atoms with Crippen LogP contribution in [-0.4, -0.2) is 54.1 Å². The lowest BCUT2D eigenvalue weighted by molar-refractivity contribution is 0.0501. The number of nitrogens with zero attached hydrogens (tertiary/aromatic N) is 1. The Labute approximate surface area is 240 Å². The molecular weight excluding hydrogens is 622 g/mol. The fourth-order valence-corrected chi connectivity index (χ4v) is 6.35. The van der Waals surface area contributed by atoms with Crippen molar-refractivity contribution in [1.82, 2.24) is 15.5 Å². The second kappa shape index (κ2) is 11.0. The van der Waals surface area contributed by atoms with E-state index in [9.17, 15) is 18.8 Å². The van der Waals surface area contributed by atoms with Crippen molar-refractivity contribution in [2.45, 2.75) is 65.5 Å². The van der Waals surface area contributed by atoms with Gasteiger partial charge in [-0.15, -0.1) is 11.3 Å². The minimum atomic E-state index is -0.623. The number of anilines is 2. The van der Waals surface area contributed by atoms with Crippen molar-refractivity contribution in [2.24, 2.45) is 5.41 Å². The van der Waals surface area contributed by atoms with Crippen LogP contribution >= 0.6 is 33.9 Å². The number of hydrogen-bond donors (Lipinski definition) is 3. The topological polar surface area (TPSA) is 99.8 Å². The quantitative estimate of drug-likeness (QED) is 0.360. The summed E-state index contributed by atoms with van der Waals surface area (Å²) in [4.78, 5) is 41.7. The largest absolute Gasteiger partial charge is 0.444 e. The number of hydrogen-bond acceptors (Lipinski definition) is 6. The van der Waals surface area contributed by atoms with E-state index in [2.05, 4.69) is 16.0 Å². The molecule has 0 saturated carbocycles. The van der Waals surface area contributed by atoms with E-state index in [0.29, 0.717) is 40.5 Å². The Hall–Kier alpha value is -2.41. The van der Waals surface area contributed by atoms with Crippen molar-refractivity contribution in [2.75, 3.05) is 25.0 Å². The molecule has 0 radical (unpaired) electrons. The molecule has 3 amide bonds. The van der Waals surface area contributed by atoms with Gasteiger partial charge in [0, 0.05) is 29.2 Å². The van der Waals surface area contributed by atoms with Crippen molar-refractivity contribution < 1.29 is 23.5 Å². The highest BCUT2D eigenvalue weighted by molar-refractivity contribution is 14.1. The summed E-state index contributed by atoms with van der Waals surface area (Å²) in [5.41, 5.74) is 0.421. The van der Waals surface area contributed by atoms with E-state index in [0.717, 1.165) is 16.4 Å². The van der Waals surface area contributed by atoms with Crippen LogP contribution in [0.25, 0.3) is 0 Å². The van der Waals surface area contributed by atoms with Gasteiger partial charge in [0.1, 0.15) is 16.4 Å². The minimum Gasteiger partial charge on any atom is -0.444 e. The Morgan fingerprint density at radius 2 is 2.05 bits per heavy atom. The summed E-state index contributed by atoms with van der Waals surface area (Å²) in [6.45, 7) is 10.7. The first-order valence-electron chi connectivity index (χ1n) is 12.7. The lowest BCUT2D eigenvalue weighted by Crippen LogP contribution is -2.44. The monoisotopic (exact) mass is 656 g/mol. The van der Waals surface area contributed by atoms with Gasteiger partial charge in [-0.3, -0.25) is 9.59 Å². The van der Waals surface area contributed by atoms with Crippen LogP contribution in [0.3, 0.4) is 0 Å². The van der Waals surface area contributed by atoms with Crippen molar-refractivity contribution in [3.63, 3.8) is 0 Å². The van der Waals surface area contributed by atoms with E-state index < -0.39 is 17.5 Å². The molecule has 3 N–H and O–H groups in total. The maximum absolute atomic E-state index is 14.8. The molecule has 1 aromatic heterocycles.